The number of rotatable bonds is 13. The van der Waals surface area contributed by atoms with Crippen molar-refractivity contribution in [3.8, 4) is 0 Å². The smallest absolute Gasteiger partial charge is 0.260 e. The standard InChI is InChI=1S/C22H33NO3Si.C15H29NO2Si/c1-14(2)27(15(3)4,16(5)6)26-20-19(17-12-13-17)23(22(20)25)21(24)18-10-8-7-9-11-18;1-9(2)19(10(3)4,11(5)6)18-14-13(12-7-8-12)16-15(14)17/h7-11,14-17,19-20H,12-13H2,1-6H3;9-14H,7-8H2,1-6H3,(H,16,17)/t19-,20+;13-,14+/m00/s1. The van der Waals surface area contributed by atoms with Crippen molar-refractivity contribution in [3.63, 3.8) is 0 Å². The summed E-state index contributed by atoms with van der Waals surface area (Å²) in [7, 11) is -4.09. The third kappa shape index (κ3) is 6.85. The zero-order chi connectivity index (χ0) is 34.3. The lowest BCUT2D eigenvalue weighted by molar-refractivity contribution is -0.160. The average molecular weight is 671 g/mol. The van der Waals surface area contributed by atoms with Gasteiger partial charge in [0.2, 0.25) is 22.5 Å². The summed E-state index contributed by atoms with van der Waals surface area (Å²) in [5.41, 5.74) is 3.47. The summed E-state index contributed by atoms with van der Waals surface area (Å²) in [6.45, 7) is 27.0. The largest absolute Gasteiger partial charge is 0.402 e. The molecule has 0 unspecified atom stereocenters. The van der Waals surface area contributed by atoms with Gasteiger partial charge in [0.25, 0.3) is 11.8 Å². The molecule has 1 aromatic carbocycles. The summed E-state index contributed by atoms with van der Waals surface area (Å²) < 4.78 is 13.4. The van der Waals surface area contributed by atoms with E-state index in [1.807, 2.05) is 18.2 Å². The molecule has 4 fully saturated rings. The van der Waals surface area contributed by atoms with E-state index in [0.717, 1.165) is 12.8 Å². The van der Waals surface area contributed by atoms with Crippen molar-refractivity contribution in [2.24, 2.45) is 11.8 Å². The molecular weight excluding hydrogens is 609 g/mol. The molecular formula is C37H62N2O5Si2. The highest BCUT2D eigenvalue weighted by Crippen LogP contribution is 2.49. The number of benzene rings is 1. The molecule has 2 aliphatic carbocycles. The van der Waals surface area contributed by atoms with Crippen LogP contribution in [0.4, 0.5) is 0 Å². The third-order valence-corrected chi connectivity index (χ3v) is 23.7. The molecule has 258 valence electrons. The Morgan fingerprint density at radius 3 is 1.46 bits per heavy atom. The fraction of sp³-hybridized carbons (Fsp3) is 0.757. The molecule has 2 saturated carbocycles. The van der Waals surface area contributed by atoms with E-state index in [-0.39, 0.29) is 29.9 Å². The number of carbonyl (C=O) groups excluding carboxylic acids is 3. The van der Waals surface area contributed by atoms with Gasteiger partial charge in [-0.3, -0.25) is 19.3 Å². The van der Waals surface area contributed by atoms with E-state index in [1.165, 1.54) is 17.7 Å². The van der Waals surface area contributed by atoms with Gasteiger partial charge in [-0.15, -0.1) is 0 Å². The van der Waals surface area contributed by atoms with Gasteiger partial charge in [0.05, 0.1) is 12.1 Å². The second-order valence-electron chi connectivity index (χ2n) is 16.3. The number of β-lactam (4-membered cyclic amide) rings is 2. The van der Waals surface area contributed by atoms with Gasteiger partial charge in [0.1, 0.15) is 12.2 Å². The van der Waals surface area contributed by atoms with E-state index in [9.17, 15) is 14.4 Å². The van der Waals surface area contributed by atoms with Crippen molar-refractivity contribution in [1.82, 2.24) is 10.2 Å². The van der Waals surface area contributed by atoms with Gasteiger partial charge in [0.15, 0.2) is 0 Å². The first kappa shape index (κ1) is 37.0. The highest BCUT2D eigenvalue weighted by Gasteiger charge is 2.61. The second kappa shape index (κ2) is 14.3. The number of hydrogen-bond donors (Lipinski definition) is 1. The van der Waals surface area contributed by atoms with Gasteiger partial charge in [-0.2, -0.15) is 0 Å². The Labute approximate surface area is 281 Å². The summed E-state index contributed by atoms with van der Waals surface area (Å²) in [5, 5.41) is 3.05. The summed E-state index contributed by atoms with van der Waals surface area (Å²) in [5.74, 6) is 0.887. The lowest BCUT2D eigenvalue weighted by Gasteiger charge is -2.52. The second-order valence-corrected chi connectivity index (χ2v) is 27.1. The SMILES string of the molecule is CC(C)[Si](O[C@H]1C(=O)N(C(=O)c2ccccc2)[C@H]1C1CC1)(C(C)C)C(C)C.CC(C)[Si](O[C@H]1C(=O)N[C@H]1C1CC1)(C(C)C)C(C)C. The molecule has 5 rings (SSSR count). The van der Waals surface area contributed by atoms with E-state index in [4.69, 9.17) is 8.85 Å². The molecule has 3 amide bonds. The quantitative estimate of drug-likeness (QED) is 0.129. The maximum Gasteiger partial charge on any atom is 0.260 e. The Morgan fingerprint density at radius 1 is 0.674 bits per heavy atom. The van der Waals surface area contributed by atoms with Crippen LogP contribution in [0.3, 0.4) is 0 Å². The normalized spacial score (nSPS) is 25.2. The third-order valence-electron chi connectivity index (χ3n) is 11.5. The first-order valence-corrected chi connectivity index (χ1v) is 22.4. The van der Waals surface area contributed by atoms with Crippen molar-refractivity contribution in [2.75, 3.05) is 0 Å². The van der Waals surface area contributed by atoms with E-state index in [2.05, 4.69) is 88.4 Å². The van der Waals surface area contributed by atoms with Gasteiger partial charge < -0.3 is 14.2 Å². The molecule has 7 nitrogen and oxygen atoms in total. The Morgan fingerprint density at radius 2 is 1.09 bits per heavy atom. The molecule has 2 heterocycles. The van der Waals surface area contributed by atoms with Crippen LogP contribution in [0.2, 0.25) is 33.2 Å². The predicted molar refractivity (Wildman–Crippen MR) is 191 cm³/mol. The highest BCUT2D eigenvalue weighted by atomic mass is 28.4. The molecule has 4 atom stereocenters. The molecule has 1 N–H and O–H groups in total. The van der Waals surface area contributed by atoms with Gasteiger partial charge in [-0.25, -0.2) is 0 Å². The van der Waals surface area contributed by atoms with Crippen LogP contribution in [-0.4, -0.2) is 63.5 Å². The average Bonchev–Trinajstić information content (AvgIpc) is 3.90. The monoisotopic (exact) mass is 670 g/mol. The van der Waals surface area contributed by atoms with Gasteiger partial charge in [-0.05, 0) is 82.9 Å². The summed E-state index contributed by atoms with van der Waals surface area (Å²) in [4.78, 5) is 39.4. The van der Waals surface area contributed by atoms with Crippen LogP contribution in [0.25, 0.3) is 0 Å². The summed E-state index contributed by atoms with van der Waals surface area (Å²) >= 11 is 0. The number of imide groups is 1. The van der Waals surface area contributed by atoms with E-state index in [0.29, 0.717) is 56.7 Å². The highest BCUT2D eigenvalue weighted by molar-refractivity contribution is 6.78. The first-order valence-electron chi connectivity index (χ1n) is 18.1. The Kier molecular flexibility index (Phi) is 11.5. The number of carbonyl (C=O) groups is 3. The fourth-order valence-electron chi connectivity index (χ4n) is 9.05. The van der Waals surface area contributed by atoms with Crippen molar-refractivity contribution < 1.29 is 23.2 Å². The molecule has 1 aromatic rings. The van der Waals surface area contributed by atoms with Gasteiger partial charge >= 0.3 is 0 Å². The van der Waals surface area contributed by atoms with Crippen molar-refractivity contribution in [3.05, 3.63) is 35.9 Å². The van der Waals surface area contributed by atoms with Crippen LogP contribution >= 0.6 is 0 Å². The van der Waals surface area contributed by atoms with Gasteiger partial charge in [-0.1, -0.05) is 101 Å². The minimum atomic E-state index is -2.16. The molecule has 0 aromatic heterocycles. The Bertz CT molecular complexity index is 1180. The van der Waals surface area contributed by atoms with Crippen LogP contribution in [0.5, 0.6) is 0 Å². The van der Waals surface area contributed by atoms with Crippen LogP contribution < -0.4 is 5.32 Å². The lowest BCUT2D eigenvalue weighted by Crippen LogP contribution is -2.71. The predicted octanol–water partition coefficient (Wildman–Crippen LogP) is 8.46. The molecule has 2 saturated heterocycles. The van der Waals surface area contributed by atoms with Crippen molar-refractivity contribution >= 4 is 34.4 Å². The van der Waals surface area contributed by atoms with Crippen LogP contribution in [0, 0.1) is 11.8 Å². The maximum atomic E-state index is 13.1. The fourth-order valence-corrected chi connectivity index (χ4v) is 20.1. The summed E-state index contributed by atoms with van der Waals surface area (Å²) in [6, 6.07) is 9.33. The Hall–Kier alpha value is -1.82. The molecule has 2 aliphatic heterocycles. The number of amides is 3. The molecule has 9 heteroatoms. The maximum absolute atomic E-state index is 13.1. The van der Waals surface area contributed by atoms with Crippen LogP contribution in [0.15, 0.2) is 30.3 Å². The molecule has 0 radical (unpaired) electrons. The van der Waals surface area contributed by atoms with Gasteiger partial charge in [0, 0.05) is 5.56 Å². The first-order chi connectivity index (χ1) is 21.5. The minimum Gasteiger partial charge on any atom is -0.402 e. The zero-order valence-corrected chi connectivity index (χ0v) is 32.6. The van der Waals surface area contributed by atoms with Crippen LogP contribution in [0.1, 0.15) is 119 Å². The molecule has 46 heavy (non-hydrogen) atoms. The van der Waals surface area contributed by atoms with E-state index in [1.54, 1.807) is 12.1 Å². The molecule has 0 bridgehead atoms. The lowest BCUT2D eigenvalue weighted by atomic mass is 9.92. The minimum absolute atomic E-state index is 0.0895. The van der Waals surface area contributed by atoms with Crippen molar-refractivity contribution in [1.29, 1.82) is 0 Å². The Balaban J connectivity index is 0.000000222. The van der Waals surface area contributed by atoms with E-state index < -0.39 is 22.7 Å². The molecule has 0 spiro atoms. The number of hydrogen-bond acceptors (Lipinski definition) is 5. The summed E-state index contributed by atoms with van der Waals surface area (Å²) in [6.07, 6.45) is 4.07. The van der Waals surface area contributed by atoms with Crippen LogP contribution in [-0.2, 0) is 18.4 Å². The molecule has 4 aliphatic rings. The van der Waals surface area contributed by atoms with Crippen molar-refractivity contribution in [2.45, 2.75) is 166 Å². The van der Waals surface area contributed by atoms with E-state index >= 15 is 0 Å². The zero-order valence-electron chi connectivity index (χ0n) is 30.6. The number of nitrogens with zero attached hydrogens (tertiary/aromatic N) is 1. The topological polar surface area (TPSA) is 84.9 Å². The number of likely N-dealkylation sites (tertiary alicyclic amines) is 1. The number of nitrogens with one attached hydrogen (secondary N) is 1.